The third kappa shape index (κ3) is 6.76. The second-order valence-corrected chi connectivity index (χ2v) is 12.8. The molecule has 0 radical (unpaired) electrons. The lowest BCUT2D eigenvalue weighted by molar-refractivity contribution is 0.0692. The third-order valence-corrected chi connectivity index (χ3v) is 9.04. The van der Waals surface area contributed by atoms with E-state index in [2.05, 4.69) is 29.8 Å². The number of aromatic carboxylic acids is 1. The summed E-state index contributed by atoms with van der Waals surface area (Å²) < 4.78 is 79.9. The molecule has 0 aliphatic carbocycles. The predicted molar refractivity (Wildman–Crippen MR) is 162 cm³/mol. The molecule has 236 valence electrons. The summed E-state index contributed by atoms with van der Waals surface area (Å²) >= 11 is 0. The van der Waals surface area contributed by atoms with Gasteiger partial charge in [0.05, 0.1) is 20.8 Å². The van der Waals surface area contributed by atoms with Crippen molar-refractivity contribution < 1.29 is 40.3 Å². The molecule has 0 spiro atoms. The number of rotatable bonds is 8. The van der Waals surface area contributed by atoms with Gasteiger partial charge in [0.25, 0.3) is 26.0 Å². The van der Waals surface area contributed by atoms with Crippen molar-refractivity contribution in [2.45, 2.75) is 9.79 Å². The Hall–Kier alpha value is -5.88. The topological polar surface area (TPSA) is 230 Å². The maximum absolute atomic E-state index is 13.2. The second kappa shape index (κ2) is 12.3. The van der Waals surface area contributed by atoms with Gasteiger partial charge < -0.3 is 10.8 Å². The zero-order valence-corrected chi connectivity index (χ0v) is 24.7. The van der Waals surface area contributed by atoms with Gasteiger partial charge in [0.2, 0.25) is 0 Å². The van der Waals surface area contributed by atoms with Gasteiger partial charge in [0.15, 0.2) is 11.4 Å². The summed E-state index contributed by atoms with van der Waals surface area (Å²) in [5.41, 5.74) is 6.33. The number of carboxylic acids is 1. The zero-order valence-electron chi connectivity index (χ0n) is 23.0. The lowest BCUT2D eigenvalue weighted by Gasteiger charge is -2.08. The van der Waals surface area contributed by atoms with Gasteiger partial charge in [0.1, 0.15) is 11.6 Å². The van der Waals surface area contributed by atoms with Crippen LogP contribution in [-0.2, 0) is 20.0 Å². The number of carbonyl (C=O) groups excluding carboxylic acids is 1. The highest BCUT2D eigenvalue weighted by Gasteiger charge is 2.19. The van der Waals surface area contributed by atoms with E-state index in [4.69, 9.17) is 10.8 Å². The standard InChI is InChI=1S/C14H11FN4O3S.C14H10FN3O4S/c15-8-2-1-3-10(6-8)23(21,22)19-9-4-5-12-11(7-9)13(14(16)20)18-17-12;15-8-2-1-3-10(6-8)23(21,22)18-9-4-5-12-11(7-9)13(14(19)20)17-16-12/h1-7,19H,(H2,16,20)(H,17,18);1-7,18H,(H,16,17)(H,19,20). The van der Waals surface area contributed by atoms with E-state index in [9.17, 15) is 35.2 Å². The average molecular weight is 670 g/mol. The van der Waals surface area contributed by atoms with Gasteiger partial charge in [-0.1, -0.05) is 12.1 Å². The van der Waals surface area contributed by atoms with Gasteiger partial charge in [0, 0.05) is 22.1 Å². The Morgan fingerprint density at radius 1 is 0.674 bits per heavy atom. The molecule has 0 bridgehead atoms. The van der Waals surface area contributed by atoms with Crippen molar-refractivity contribution in [2.75, 3.05) is 9.44 Å². The van der Waals surface area contributed by atoms with E-state index in [1.54, 1.807) is 6.07 Å². The first-order valence-corrected chi connectivity index (χ1v) is 15.8. The minimum absolute atomic E-state index is 0.00630. The molecule has 7 N–H and O–H groups in total. The van der Waals surface area contributed by atoms with Crippen molar-refractivity contribution in [3.63, 3.8) is 0 Å². The average Bonchev–Trinajstić information content (AvgIpc) is 3.61. The van der Waals surface area contributed by atoms with E-state index in [-0.39, 0.29) is 37.9 Å². The zero-order chi connectivity index (χ0) is 33.2. The molecule has 6 rings (SSSR count). The molecule has 0 fully saturated rings. The molecule has 46 heavy (non-hydrogen) atoms. The van der Waals surface area contributed by atoms with Gasteiger partial charge in [-0.3, -0.25) is 24.4 Å². The number of anilines is 2. The fraction of sp³-hybridized carbons (Fsp3) is 0. The summed E-state index contributed by atoms with van der Waals surface area (Å²) in [5.74, 6) is -3.30. The molecular formula is C28H21F2N7O7S2. The normalized spacial score (nSPS) is 11.5. The number of benzene rings is 4. The Balaban J connectivity index is 0.000000181. The van der Waals surface area contributed by atoms with Gasteiger partial charge in [-0.15, -0.1) is 0 Å². The van der Waals surface area contributed by atoms with Gasteiger partial charge in [-0.05, 0) is 72.8 Å². The summed E-state index contributed by atoms with van der Waals surface area (Å²) in [6.07, 6.45) is 0. The molecule has 18 heteroatoms. The molecule has 4 aromatic carbocycles. The Morgan fingerprint density at radius 3 is 1.52 bits per heavy atom. The largest absolute Gasteiger partial charge is 0.476 e. The molecule has 0 unspecified atom stereocenters. The number of hydrogen-bond donors (Lipinski definition) is 6. The number of sulfonamides is 2. The summed E-state index contributed by atoms with van der Waals surface area (Å²) in [6.45, 7) is 0. The minimum atomic E-state index is -3.99. The first-order valence-electron chi connectivity index (χ1n) is 12.8. The van der Waals surface area contributed by atoms with Crippen LogP contribution in [0.2, 0.25) is 0 Å². The number of nitrogens with zero attached hydrogens (tertiary/aromatic N) is 2. The number of aromatic nitrogens is 4. The highest BCUT2D eigenvalue weighted by atomic mass is 32.2. The van der Waals surface area contributed by atoms with Crippen molar-refractivity contribution in [3.05, 3.63) is 108 Å². The van der Waals surface area contributed by atoms with Crippen LogP contribution in [-0.4, -0.2) is 54.2 Å². The first-order chi connectivity index (χ1) is 21.7. The molecule has 1 amide bonds. The van der Waals surface area contributed by atoms with E-state index in [1.807, 2.05) is 0 Å². The van der Waals surface area contributed by atoms with Crippen LogP contribution >= 0.6 is 0 Å². The Morgan fingerprint density at radius 2 is 1.11 bits per heavy atom. The van der Waals surface area contributed by atoms with Crippen molar-refractivity contribution in [2.24, 2.45) is 5.73 Å². The summed E-state index contributed by atoms with van der Waals surface area (Å²) in [6, 6.07) is 18.0. The van der Waals surface area contributed by atoms with E-state index in [1.165, 1.54) is 54.6 Å². The molecular weight excluding hydrogens is 648 g/mol. The highest BCUT2D eigenvalue weighted by molar-refractivity contribution is 7.93. The van der Waals surface area contributed by atoms with Gasteiger partial charge in [-0.25, -0.2) is 30.4 Å². The molecule has 0 saturated heterocycles. The maximum atomic E-state index is 13.2. The van der Waals surface area contributed by atoms with Crippen LogP contribution in [0.5, 0.6) is 0 Å². The number of amides is 1. The number of carboxylic acid groups (broad SMARTS) is 1. The van der Waals surface area contributed by atoms with Crippen LogP contribution in [0.15, 0.2) is 94.7 Å². The number of primary amides is 1. The number of nitrogens with two attached hydrogens (primary N) is 1. The SMILES string of the molecule is NC(=O)c1n[nH]c2ccc(NS(=O)(=O)c3cccc(F)c3)cc12.O=C(O)c1n[nH]c2ccc(NS(=O)(=O)c3cccc(F)c3)cc12. The van der Waals surface area contributed by atoms with Crippen LogP contribution < -0.4 is 15.2 Å². The Bertz CT molecular complexity index is 2190. The van der Waals surface area contributed by atoms with Crippen molar-refractivity contribution >= 4 is 65.1 Å². The minimum Gasteiger partial charge on any atom is -0.476 e. The van der Waals surface area contributed by atoms with Crippen LogP contribution in [0, 0.1) is 11.6 Å². The number of hydrogen-bond acceptors (Lipinski definition) is 8. The molecule has 0 aliphatic heterocycles. The van der Waals surface area contributed by atoms with E-state index in [0.717, 1.165) is 24.3 Å². The monoisotopic (exact) mass is 669 g/mol. The predicted octanol–water partition coefficient (Wildman–Crippen LogP) is 3.80. The van der Waals surface area contributed by atoms with E-state index >= 15 is 0 Å². The van der Waals surface area contributed by atoms with Gasteiger partial charge >= 0.3 is 5.97 Å². The van der Waals surface area contributed by atoms with Gasteiger partial charge in [-0.2, -0.15) is 10.2 Å². The Labute approximate surface area is 258 Å². The lowest BCUT2D eigenvalue weighted by atomic mass is 10.2. The number of H-pyrrole nitrogens is 2. The smallest absolute Gasteiger partial charge is 0.357 e. The van der Waals surface area contributed by atoms with Crippen molar-refractivity contribution in [1.29, 1.82) is 0 Å². The number of halogens is 2. The highest BCUT2D eigenvalue weighted by Crippen LogP contribution is 2.25. The summed E-state index contributed by atoms with van der Waals surface area (Å²) in [4.78, 5) is 21.9. The summed E-state index contributed by atoms with van der Waals surface area (Å²) in [5, 5.41) is 22.3. The fourth-order valence-electron chi connectivity index (χ4n) is 4.20. The quantitative estimate of drug-likeness (QED) is 0.138. The van der Waals surface area contributed by atoms with Crippen LogP contribution in [0.3, 0.4) is 0 Å². The summed E-state index contributed by atoms with van der Waals surface area (Å²) in [7, 11) is -7.95. The first kappa shape index (κ1) is 31.5. The second-order valence-electron chi connectivity index (χ2n) is 9.46. The number of fused-ring (bicyclic) bond motifs is 2. The number of nitrogens with one attached hydrogen (secondary N) is 4. The number of carbonyl (C=O) groups is 2. The molecule has 0 saturated carbocycles. The number of aromatic amines is 2. The van der Waals surface area contributed by atoms with Crippen LogP contribution in [0.25, 0.3) is 21.8 Å². The molecule has 6 aromatic rings. The molecule has 2 aromatic heterocycles. The van der Waals surface area contributed by atoms with E-state index < -0.39 is 43.6 Å². The van der Waals surface area contributed by atoms with Crippen LogP contribution in [0.1, 0.15) is 21.0 Å². The molecule has 0 aliphatic rings. The lowest BCUT2D eigenvalue weighted by Crippen LogP contribution is -2.13. The molecule has 0 atom stereocenters. The maximum Gasteiger partial charge on any atom is 0.357 e. The molecule has 2 heterocycles. The van der Waals surface area contributed by atoms with Crippen molar-refractivity contribution in [1.82, 2.24) is 20.4 Å². The van der Waals surface area contributed by atoms with Crippen molar-refractivity contribution in [3.8, 4) is 0 Å². The Kier molecular flexibility index (Phi) is 8.40. The molecule has 14 nitrogen and oxygen atoms in total. The van der Waals surface area contributed by atoms with Crippen LogP contribution in [0.4, 0.5) is 20.2 Å². The third-order valence-electron chi connectivity index (χ3n) is 6.28. The van der Waals surface area contributed by atoms with E-state index in [0.29, 0.717) is 16.4 Å². The fourth-order valence-corrected chi connectivity index (χ4v) is 6.36.